The predicted octanol–water partition coefficient (Wildman–Crippen LogP) is 5.04. The molecule has 0 radical (unpaired) electrons. The predicted molar refractivity (Wildman–Crippen MR) is 108 cm³/mol. The lowest BCUT2D eigenvalue weighted by Crippen LogP contribution is -2.24. The van der Waals surface area contributed by atoms with Crippen molar-refractivity contribution >= 4 is 29.2 Å². The fraction of sp³-hybridized carbons (Fsp3) is 0.200. The molecule has 3 aromatic rings. The third-order valence-electron chi connectivity index (χ3n) is 4.05. The Morgan fingerprint density at radius 2 is 1.81 bits per heavy atom. The van der Waals surface area contributed by atoms with Gasteiger partial charge in [0.25, 0.3) is 0 Å². The number of halogens is 2. The number of imidazole rings is 1. The zero-order valence-electron chi connectivity index (χ0n) is 14.9. The first-order chi connectivity index (χ1) is 12.9. The minimum absolute atomic E-state index is 0.00646. The van der Waals surface area contributed by atoms with Crippen molar-refractivity contribution in [3.05, 3.63) is 70.0 Å². The van der Waals surface area contributed by atoms with Crippen LogP contribution in [-0.2, 0) is 6.54 Å². The second-order valence-electron chi connectivity index (χ2n) is 6.36. The summed E-state index contributed by atoms with van der Waals surface area (Å²) in [6.07, 6.45) is 0. The Bertz CT molecular complexity index is 966. The van der Waals surface area contributed by atoms with Gasteiger partial charge in [0.1, 0.15) is 5.82 Å². The maximum absolute atomic E-state index is 11.9. The van der Waals surface area contributed by atoms with Crippen molar-refractivity contribution in [2.75, 3.05) is 0 Å². The molecule has 1 heterocycles. The summed E-state index contributed by atoms with van der Waals surface area (Å²) in [5, 5.41) is 14.1. The molecular weight excluding hydrogens is 385 g/mol. The van der Waals surface area contributed by atoms with E-state index >= 15 is 0 Å². The van der Waals surface area contributed by atoms with Crippen LogP contribution < -0.4 is 5.32 Å². The van der Waals surface area contributed by atoms with E-state index < -0.39 is 5.97 Å². The Morgan fingerprint density at radius 3 is 2.41 bits per heavy atom. The van der Waals surface area contributed by atoms with Gasteiger partial charge in [-0.1, -0.05) is 49.2 Å². The van der Waals surface area contributed by atoms with Crippen LogP contribution in [0.2, 0.25) is 10.0 Å². The Kier molecular flexibility index (Phi) is 5.85. The van der Waals surface area contributed by atoms with Gasteiger partial charge in [-0.3, -0.25) is 4.57 Å². The van der Waals surface area contributed by atoms with Gasteiger partial charge in [-0.25, -0.2) is 9.78 Å². The molecule has 140 valence electrons. The zero-order valence-corrected chi connectivity index (χ0v) is 16.4. The van der Waals surface area contributed by atoms with Crippen molar-refractivity contribution in [2.24, 2.45) is 0 Å². The first kappa shape index (κ1) is 19.4. The molecule has 0 unspecified atom stereocenters. The van der Waals surface area contributed by atoms with Crippen LogP contribution in [0.15, 0.2) is 48.5 Å². The minimum Gasteiger partial charge on any atom is -0.476 e. The molecule has 0 aliphatic rings. The number of carboxylic acid groups (broad SMARTS) is 1. The van der Waals surface area contributed by atoms with Crippen molar-refractivity contribution in [3.8, 4) is 17.1 Å². The summed E-state index contributed by atoms with van der Waals surface area (Å²) < 4.78 is 1.82. The Morgan fingerprint density at radius 1 is 1.15 bits per heavy atom. The standard InChI is InChI=1S/C20H19Cl2N3O2/c1-12(2)23-11-17-18(20(26)27)24-19(15-5-3-4-6-16(15)22)25(17)14-9-7-13(21)8-10-14/h3-10,12,23H,11H2,1-2H3,(H,26,27). The topological polar surface area (TPSA) is 67.2 Å². The van der Waals surface area contributed by atoms with Crippen LogP contribution in [0.1, 0.15) is 30.0 Å². The molecule has 1 aromatic heterocycles. The van der Waals surface area contributed by atoms with Crippen LogP contribution >= 0.6 is 23.2 Å². The minimum atomic E-state index is -1.09. The molecule has 0 fully saturated rings. The fourth-order valence-electron chi connectivity index (χ4n) is 2.78. The van der Waals surface area contributed by atoms with E-state index in [9.17, 15) is 9.90 Å². The van der Waals surface area contributed by atoms with Crippen LogP contribution in [0, 0.1) is 0 Å². The average molecular weight is 404 g/mol. The van der Waals surface area contributed by atoms with E-state index in [1.54, 1.807) is 18.2 Å². The van der Waals surface area contributed by atoms with Gasteiger partial charge in [-0.15, -0.1) is 0 Å². The number of aromatic nitrogens is 2. The lowest BCUT2D eigenvalue weighted by atomic mass is 10.2. The summed E-state index contributed by atoms with van der Waals surface area (Å²) in [6.45, 7) is 4.34. The number of carboxylic acids is 1. The summed E-state index contributed by atoms with van der Waals surface area (Å²) >= 11 is 12.4. The SMILES string of the molecule is CC(C)NCc1c(C(=O)O)nc(-c2ccccc2Cl)n1-c1ccc(Cl)cc1. The van der Waals surface area contributed by atoms with Crippen molar-refractivity contribution in [1.82, 2.24) is 14.9 Å². The van der Waals surface area contributed by atoms with Crippen LogP contribution in [0.4, 0.5) is 0 Å². The highest BCUT2D eigenvalue weighted by Crippen LogP contribution is 2.32. The average Bonchev–Trinajstić information content (AvgIpc) is 3.00. The number of nitrogens with zero attached hydrogens (tertiary/aromatic N) is 2. The third kappa shape index (κ3) is 4.16. The van der Waals surface area contributed by atoms with E-state index in [1.807, 2.05) is 48.7 Å². The Labute approximate surface area is 167 Å². The maximum Gasteiger partial charge on any atom is 0.356 e. The first-order valence-electron chi connectivity index (χ1n) is 8.47. The number of hydrogen-bond acceptors (Lipinski definition) is 3. The van der Waals surface area contributed by atoms with E-state index in [0.29, 0.717) is 33.7 Å². The summed E-state index contributed by atoms with van der Waals surface area (Å²) in [5.41, 5.74) is 1.96. The molecule has 0 aliphatic heterocycles. The van der Waals surface area contributed by atoms with Gasteiger partial charge in [-0.05, 0) is 36.4 Å². The molecule has 0 bridgehead atoms. The molecule has 0 spiro atoms. The summed E-state index contributed by atoms with van der Waals surface area (Å²) in [4.78, 5) is 16.3. The van der Waals surface area contributed by atoms with Crippen molar-refractivity contribution in [2.45, 2.75) is 26.4 Å². The quantitative estimate of drug-likeness (QED) is 0.604. The molecule has 0 amide bonds. The lowest BCUT2D eigenvalue weighted by molar-refractivity contribution is 0.0689. The van der Waals surface area contributed by atoms with Gasteiger partial charge >= 0.3 is 5.97 Å². The number of rotatable bonds is 6. The molecule has 7 heteroatoms. The molecule has 2 N–H and O–H groups in total. The lowest BCUT2D eigenvalue weighted by Gasteiger charge is -2.15. The van der Waals surface area contributed by atoms with Crippen LogP contribution in [0.3, 0.4) is 0 Å². The summed E-state index contributed by atoms with van der Waals surface area (Å²) in [5.74, 6) is -0.613. The molecule has 0 atom stereocenters. The number of benzene rings is 2. The van der Waals surface area contributed by atoms with Crippen molar-refractivity contribution < 1.29 is 9.90 Å². The molecule has 0 aliphatic carbocycles. The Hall–Kier alpha value is -2.34. The Balaban J connectivity index is 2.29. The zero-order chi connectivity index (χ0) is 19.6. The summed E-state index contributed by atoms with van der Waals surface area (Å²) in [7, 11) is 0. The van der Waals surface area contributed by atoms with Crippen molar-refractivity contribution in [1.29, 1.82) is 0 Å². The second kappa shape index (κ2) is 8.13. The molecule has 0 saturated heterocycles. The van der Waals surface area contributed by atoms with Gasteiger partial charge in [0.15, 0.2) is 5.69 Å². The first-order valence-corrected chi connectivity index (χ1v) is 9.23. The normalized spacial score (nSPS) is 11.1. The van der Waals surface area contributed by atoms with Crippen molar-refractivity contribution in [3.63, 3.8) is 0 Å². The largest absolute Gasteiger partial charge is 0.476 e. The van der Waals surface area contributed by atoms with Gasteiger partial charge in [0.05, 0.1) is 10.7 Å². The molecule has 5 nitrogen and oxygen atoms in total. The second-order valence-corrected chi connectivity index (χ2v) is 7.21. The monoisotopic (exact) mass is 403 g/mol. The van der Waals surface area contributed by atoms with E-state index in [2.05, 4.69) is 10.3 Å². The van der Waals surface area contributed by atoms with Crippen LogP contribution in [0.5, 0.6) is 0 Å². The highest BCUT2D eigenvalue weighted by atomic mass is 35.5. The molecular formula is C20H19Cl2N3O2. The maximum atomic E-state index is 11.9. The number of aromatic carboxylic acids is 1. The highest BCUT2D eigenvalue weighted by Gasteiger charge is 2.24. The third-order valence-corrected chi connectivity index (χ3v) is 4.63. The van der Waals surface area contributed by atoms with E-state index in [0.717, 1.165) is 5.69 Å². The van der Waals surface area contributed by atoms with E-state index in [4.69, 9.17) is 23.2 Å². The van der Waals surface area contributed by atoms with E-state index in [1.165, 1.54) is 0 Å². The van der Waals surface area contributed by atoms with Gasteiger partial charge in [-0.2, -0.15) is 0 Å². The summed E-state index contributed by atoms with van der Waals surface area (Å²) in [6, 6.07) is 14.6. The fourth-order valence-corrected chi connectivity index (χ4v) is 3.13. The highest BCUT2D eigenvalue weighted by molar-refractivity contribution is 6.33. The van der Waals surface area contributed by atoms with Crippen LogP contribution in [-0.4, -0.2) is 26.7 Å². The van der Waals surface area contributed by atoms with Gasteiger partial charge in [0.2, 0.25) is 0 Å². The number of hydrogen-bond donors (Lipinski definition) is 2. The molecule has 27 heavy (non-hydrogen) atoms. The molecule has 0 saturated carbocycles. The molecule has 3 rings (SSSR count). The number of nitrogens with one attached hydrogen (secondary N) is 1. The van der Waals surface area contributed by atoms with Gasteiger partial charge < -0.3 is 10.4 Å². The van der Waals surface area contributed by atoms with Gasteiger partial charge in [0, 0.05) is 28.9 Å². The smallest absolute Gasteiger partial charge is 0.356 e. The molecule has 2 aromatic carbocycles. The van der Waals surface area contributed by atoms with Crippen LogP contribution in [0.25, 0.3) is 17.1 Å². The number of carbonyl (C=O) groups is 1. The van der Waals surface area contributed by atoms with E-state index in [-0.39, 0.29) is 11.7 Å².